The van der Waals surface area contributed by atoms with Crippen molar-refractivity contribution in [3.05, 3.63) is 67.0 Å². The van der Waals surface area contributed by atoms with E-state index >= 15 is 0 Å². The molecule has 0 unspecified atom stereocenters. The highest BCUT2D eigenvalue weighted by Crippen LogP contribution is 2.41. The fourth-order valence-electron chi connectivity index (χ4n) is 4.04. The minimum absolute atomic E-state index is 1.07. The first-order chi connectivity index (χ1) is 11.9. The Hall–Kier alpha value is -3.33. The molecule has 2 N–H and O–H groups in total. The van der Waals surface area contributed by atoms with Crippen molar-refractivity contribution in [2.24, 2.45) is 0 Å². The summed E-state index contributed by atoms with van der Waals surface area (Å²) in [6.45, 7) is 0. The van der Waals surface area contributed by atoms with Gasteiger partial charge in [0.05, 0.1) is 22.7 Å². The van der Waals surface area contributed by atoms with Gasteiger partial charge in [-0.15, -0.1) is 0 Å². The lowest BCUT2D eigenvalue weighted by molar-refractivity contribution is 1.35. The Morgan fingerprint density at radius 1 is 0.583 bits per heavy atom. The molecule has 3 aromatic heterocycles. The first-order valence-electron chi connectivity index (χ1n) is 8.08. The van der Waals surface area contributed by atoms with Crippen molar-refractivity contribution in [1.82, 2.24) is 15.0 Å². The standard InChI is InChI=1S/C21H13N3/c1-2-6-13-12(5-1)18-14-7-3-4-8-16(14)23-20(18)21-19(13)15-9-10-22-11-17(15)24-21/h1-11,23-24H. The summed E-state index contributed by atoms with van der Waals surface area (Å²) < 4.78 is 0. The summed E-state index contributed by atoms with van der Waals surface area (Å²) in [5, 5.41) is 7.60. The highest BCUT2D eigenvalue weighted by Gasteiger charge is 2.16. The van der Waals surface area contributed by atoms with Crippen molar-refractivity contribution in [2.45, 2.75) is 0 Å². The number of pyridine rings is 1. The number of aromatic amines is 2. The molecule has 0 atom stereocenters. The molecule has 3 aromatic carbocycles. The quantitative estimate of drug-likeness (QED) is 0.382. The molecule has 0 saturated carbocycles. The zero-order valence-corrected chi connectivity index (χ0v) is 12.8. The van der Waals surface area contributed by atoms with Crippen LogP contribution in [0.3, 0.4) is 0 Å². The SMILES string of the molecule is c1ccc2c(c1)[nH]c1c3[nH]c4cnccc4c3c3ccccc3c21. The molecule has 0 aliphatic carbocycles. The van der Waals surface area contributed by atoms with Crippen LogP contribution < -0.4 is 0 Å². The van der Waals surface area contributed by atoms with E-state index in [2.05, 4.69) is 69.5 Å². The Balaban J connectivity index is 2.07. The molecule has 112 valence electrons. The zero-order valence-electron chi connectivity index (χ0n) is 12.8. The summed E-state index contributed by atoms with van der Waals surface area (Å²) in [4.78, 5) is 11.5. The van der Waals surface area contributed by atoms with Gasteiger partial charge in [0.25, 0.3) is 0 Å². The Morgan fingerprint density at radius 2 is 1.17 bits per heavy atom. The molecule has 6 aromatic rings. The maximum absolute atomic E-state index is 4.27. The Kier molecular flexibility index (Phi) is 2.10. The third-order valence-electron chi connectivity index (χ3n) is 5.02. The van der Waals surface area contributed by atoms with Gasteiger partial charge in [-0.05, 0) is 22.9 Å². The van der Waals surface area contributed by atoms with Crippen molar-refractivity contribution in [3.63, 3.8) is 0 Å². The molecular formula is C21H13N3. The third-order valence-corrected chi connectivity index (χ3v) is 5.02. The predicted octanol–water partition coefficient (Wildman–Crippen LogP) is 5.50. The van der Waals surface area contributed by atoms with E-state index in [-0.39, 0.29) is 0 Å². The zero-order chi connectivity index (χ0) is 15.7. The lowest BCUT2D eigenvalue weighted by Crippen LogP contribution is -1.79. The van der Waals surface area contributed by atoms with Crippen LogP contribution >= 0.6 is 0 Å². The normalized spacial score (nSPS) is 12.2. The van der Waals surface area contributed by atoms with Crippen LogP contribution in [0, 0.1) is 0 Å². The summed E-state index contributed by atoms with van der Waals surface area (Å²) in [7, 11) is 0. The third kappa shape index (κ3) is 1.35. The van der Waals surface area contributed by atoms with Crippen LogP contribution in [0.25, 0.3) is 54.4 Å². The van der Waals surface area contributed by atoms with Crippen molar-refractivity contribution in [2.75, 3.05) is 0 Å². The monoisotopic (exact) mass is 307 g/mol. The van der Waals surface area contributed by atoms with Gasteiger partial charge >= 0.3 is 0 Å². The molecule has 0 saturated heterocycles. The van der Waals surface area contributed by atoms with Crippen LogP contribution in [0.5, 0.6) is 0 Å². The average Bonchev–Trinajstić information content (AvgIpc) is 3.21. The highest BCUT2D eigenvalue weighted by atomic mass is 14.8. The summed E-state index contributed by atoms with van der Waals surface area (Å²) in [6, 6.07) is 19.3. The number of hydrogen-bond acceptors (Lipinski definition) is 1. The fourth-order valence-corrected chi connectivity index (χ4v) is 4.04. The minimum Gasteiger partial charge on any atom is -0.353 e. The molecule has 0 spiro atoms. The maximum Gasteiger partial charge on any atom is 0.0717 e. The Bertz CT molecular complexity index is 1290. The number of H-pyrrole nitrogens is 2. The lowest BCUT2D eigenvalue weighted by atomic mass is 9.99. The topological polar surface area (TPSA) is 44.5 Å². The number of hydrogen-bond donors (Lipinski definition) is 2. The molecular weight excluding hydrogens is 294 g/mol. The molecule has 0 aliphatic heterocycles. The highest BCUT2D eigenvalue weighted by molar-refractivity contribution is 6.35. The molecule has 3 nitrogen and oxygen atoms in total. The van der Waals surface area contributed by atoms with Crippen molar-refractivity contribution in [1.29, 1.82) is 0 Å². The van der Waals surface area contributed by atoms with Gasteiger partial charge in [-0.2, -0.15) is 0 Å². The van der Waals surface area contributed by atoms with Crippen LogP contribution in [0.2, 0.25) is 0 Å². The number of para-hydroxylation sites is 1. The average molecular weight is 307 g/mol. The summed E-state index contributed by atoms with van der Waals surface area (Å²) in [5.74, 6) is 0. The van der Waals surface area contributed by atoms with Crippen molar-refractivity contribution in [3.8, 4) is 0 Å². The summed E-state index contributed by atoms with van der Waals surface area (Å²) in [6.07, 6.45) is 3.76. The van der Waals surface area contributed by atoms with E-state index < -0.39 is 0 Å². The minimum atomic E-state index is 1.07. The van der Waals surface area contributed by atoms with Crippen molar-refractivity contribution >= 4 is 54.4 Å². The first-order valence-corrected chi connectivity index (χ1v) is 8.08. The van der Waals surface area contributed by atoms with Gasteiger partial charge < -0.3 is 9.97 Å². The van der Waals surface area contributed by atoms with Gasteiger partial charge in [-0.25, -0.2) is 0 Å². The van der Waals surface area contributed by atoms with E-state index in [1.54, 1.807) is 0 Å². The molecule has 24 heavy (non-hydrogen) atoms. The summed E-state index contributed by atoms with van der Waals surface area (Å²) >= 11 is 0. The molecule has 0 fully saturated rings. The molecule has 3 heterocycles. The Morgan fingerprint density at radius 3 is 1.92 bits per heavy atom. The van der Waals surface area contributed by atoms with Gasteiger partial charge in [0.2, 0.25) is 0 Å². The van der Waals surface area contributed by atoms with Crippen molar-refractivity contribution < 1.29 is 0 Å². The molecule has 0 bridgehead atoms. The Labute approximate surface area is 136 Å². The van der Waals surface area contributed by atoms with Gasteiger partial charge in [0, 0.05) is 33.3 Å². The number of fused-ring (bicyclic) bond motifs is 10. The van der Waals surface area contributed by atoms with E-state index in [0.29, 0.717) is 0 Å². The smallest absolute Gasteiger partial charge is 0.0717 e. The molecule has 0 radical (unpaired) electrons. The van der Waals surface area contributed by atoms with E-state index in [1.807, 2.05) is 12.4 Å². The van der Waals surface area contributed by atoms with Gasteiger partial charge in [0.1, 0.15) is 0 Å². The van der Waals surface area contributed by atoms with Crippen LogP contribution in [-0.2, 0) is 0 Å². The van der Waals surface area contributed by atoms with Crippen LogP contribution in [0.1, 0.15) is 0 Å². The molecule has 0 aliphatic rings. The van der Waals surface area contributed by atoms with E-state index in [0.717, 1.165) is 11.0 Å². The van der Waals surface area contributed by atoms with E-state index in [9.17, 15) is 0 Å². The van der Waals surface area contributed by atoms with Gasteiger partial charge in [-0.1, -0.05) is 42.5 Å². The predicted molar refractivity (Wildman–Crippen MR) is 100 cm³/mol. The fraction of sp³-hybridized carbons (Fsp3) is 0. The second kappa shape index (κ2) is 4.15. The van der Waals surface area contributed by atoms with Crippen LogP contribution in [-0.4, -0.2) is 15.0 Å². The lowest BCUT2D eigenvalue weighted by Gasteiger charge is -2.04. The number of benzene rings is 3. The second-order valence-electron chi connectivity index (χ2n) is 6.26. The van der Waals surface area contributed by atoms with Gasteiger partial charge in [-0.3, -0.25) is 4.98 Å². The number of nitrogens with one attached hydrogen (secondary N) is 2. The maximum atomic E-state index is 4.27. The van der Waals surface area contributed by atoms with E-state index in [1.165, 1.54) is 43.4 Å². The second-order valence-corrected chi connectivity index (χ2v) is 6.26. The molecule has 3 heteroatoms. The molecule has 0 amide bonds. The van der Waals surface area contributed by atoms with Gasteiger partial charge in [0.15, 0.2) is 0 Å². The van der Waals surface area contributed by atoms with E-state index in [4.69, 9.17) is 0 Å². The van der Waals surface area contributed by atoms with Crippen LogP contribution in [0.15, 0.2) is 67.0 Å². The number of rotatable bonds is 0. The number of nitrogens with zero attached hydrogens (tertiary/aromatic N) is 1. The largest absolute Gasteiger partial charge is 0.353 e. The number of aromatic nitrogens is 3. The van der Waals surface area contributed by atoms with Crippen LogP contribution in [0.4, 0.5) is 0 Å². The molecule has 6 rings (SSSR count). The summed E-state index contributed by atoms with van der Waals surface area (Å²) in [5.41, 5.74) is 4.56. The first kappa shape index (κ1) is 12.1.